The minimum Gasteiger partial charge on any atom is -0.374 e. The van der Waals surface area contributed by atoms with Gasteiger partial charge in [0.2, 0.25) is 0 Å². The number of ether oxygens (including phenoxy) is 1. The number of likely N-dealkylation sites (N-methyl/N-ethyl adjacent to an activating group) is 1. The Morgan fingerprint density at radius 3 is 3.00 bits per heavy atom. The van der Waals surface area contributed by atoms with E-state index in [1.807, 2.05) is 0 Å². The van der Waals surface area contributed by atoms with Crippen LogP contribution in [0, 0.1) is 12.3 Å². The third kappa shape index (κ3) is 4.13. The summed E-state index contributed by atoms with van der Waals surface area (Å²) in [6.45, 7) is 9.34. The van der Waals surface area contributed by atoms with Gasteiger partial charge in [-0.2, -0.15) is 0 Å². The summed E-state index contributed by atoms with van der Waals surface area (Å²) in [5.41, 5.74) is 0. The van der Waals surface area contributed by atoms with Crippen LogP contribution in [0.25, 0.3) is 0 Å². The van der Waals surface area contributed by atoms with E-state index in [0.29, 0.717) is 6.04 Å². The van der Waals surface area contributed by atoms with Gasteiger partial charge in [-0.1, -0.05) is 13.8 Å². The van der Waals surface area contributed by atoms with Gasteiger partial charge in [0, 0.05) is 25.6 Å². The molecule has 1 saturated heterocycles. The quantitative estimate of drug-likeness (QED) is 0.684. The summed E-state index contributed by atoms with van der Waals surface area (Å²) in [7, 11) is 0. The normalized spacial score (nSPS) is 23.9. The smallest absolute Gasteiger partial charge is 0.0864 e. The molecule has 92 valence electrons. The number of hydrogen-bond acceptors (Lipinski definition) is 3. The molecule has 2 unspecified atom stereocenters. The van der Waals surface area contributed by atoms with E-state index < -0.39 is 0 Å². The maximum atomic E-state index is 5.82. The molecule has 0 aromatic rings. The molecule has 1 N–H and O–H groups in total. The van der Waals surface area contributed by atoms with Crippen molar-refractivity contribution in [2.24, 2.45) is 0 Å². The second-order valence-electron chi connectivity index (χ2n) is 4.27. The fourth-order valence-electron chi connectivity index (χ4n) is 2.05. The van der Waals surface area contributed by atoms with Gasteiger partial charge in [-0.15, -0.1) is 12.3 Å². The van der Waals surface area contributed by atoms with Gasteiger partial charge in [0.05, 0.1) is 12.7 Å². The van der Waals surface area contributed by atoms with E-state index in [1.165, 1.54) is 0 Å². The maximum Gasteiger partial charge on any atom is 0.0864 e. The lowest BCUT2D eigenvalue weighted by atomic mass is 10.1. The van der Waals surface area contributed by atoms with Gasteiger partial charge in [0.15, 0.2) is 0 Å². The van der Waals surface area contributed by atoms with Gasteiger partial charge in [-0.05, 0) is 19.5 Å². The van der Waals surface area contributed by atoms with Crippen molar-refractivity contribution < 1.29 is 4.74 Å². The van der Waals surface area contributed by atoms with Crippen molar-refractivity contribution in [1.82, 2.24) is 10.2 Å². The minimum absolute atomic E-state index is 0.247. The molecule has 16 heavy (non-hydrogen) atoms. The van der Waals surface area contributed by atoms with E-state index >= 15 is 0 Å². The van der Waals surface area contributed by atoms with Crippen LogP contribution in [0.15, 0.2) is 0 Å². The Bertz CT molecular complexity index is 224. The molecule has 0 aromatic heterocycles. The van der Waals surface area contributed by atoms with Crippen LogP contribution in [0.5, 0.6) is 0 Å². The largest absolute Gasteiger partial charge is 0.374 e. The number of morpholine rings is 1. The predicted molar refractivity (Wildman–Crippen MR) is 67.4 cm³/mol. The Hall–Kier alpha value is -0.560. The molecule has 0 aromatic carbocycles. The first kappa shape index (κ1) is 13.5. The summed E-state index contributed by atoms with van der Waals surface area (Å²) in [6.07, 6.45) is 7.54. The van der Waals surface area contributed by atoms with Gasteiger partial charge in [0.1, 0.15) is 0 Å². The molecular weight excluding hydrogens is 200 g/mol. The summed E-state index contributed by atoms with van der Waals surface area (Å²) in [5.74, 6) is 2.75. The molecule has 0 saturated carbocycles. The number of nitrogens with zero attached hydrogens (tertiary/aromatic N) is 1. The maximum absolute atomic E-state index is 5.82. The second kappa shape index (κ2) is 7.67. The Morgan fingerprint density at radius 1 is 1.56 bits per heavy atom. The third-order valence-corrected chi connectivity index (χ3v) is 3.07. The molecule has 2 atom stereocenters. The molecule has 1 fully saturated rings. The lowest BCUT2D eigenvalue weighted by Gasteiger charge is -2.36. The van der Waals surface area contributed by atoms with E-state index in [2.05, 4.69) is 30.0 Å². The minimum atomic E-state index is 0.247. The molecular formula is C13H24N2O. The highest BCUT2D eigenvalue weighted by molar-refractivity contribution is 4.94. The highest BCUT2D eigenvalue weighted by atomic mass is 16.5. The second-order valence-corrected chi connectivity index (χ2v) is 4.27. The molecule has 0 spiro atoms. The molecule has 0 aliphatic carbocycles. The van der Waals surface area contributed by atoms with Crippen molar-refractivity contribution in [3.05, 3.63) is 0 Å². The molecule has 0 bridgehead atoms. The average molecular weight is 224 g/mol. The van der Waals surface area contributed by atoms with Gasteiger partial charge in [0.25, 0.3) is 0 Å². The fraction of sp³-hybridized carbons (Fsp3) is 0.846. The van der Waals surface area contributed by atoms with Crippen LogP contribution in [0.1, 0.15) is 26.7 Å². The summed E-state index contributed by atoms with van der Waals surface area (Å²) in [4.78, 5) is 2.42. The molecule has 1 rings (SSSR count). The van der Waals surface area contributed by atoms with Crippen molar-refractivity contribution in [1.29, 1.82) is 0 Å². The Labute approximate surface area is 99.5 Å². The van der Waals surface area contributed by atoms with Gasteiger partial charge in [-0.25, -0.2) is 0 Å². The summed E-state index contributed by atoms with van der Waals surface area (Å²) in [6, 6.07) is 0.305. The van der Waals surface area contributed by atoms with Crippen molar-refractivity contribution in [2.75, 3.05) is 32.8 Å². The third-order valence-electron chi connectivity index (χ3n) is 3.07. The molecule has 3 heteroatoms. The SMILES string of the molecule is C#CCC(NCCC)C1CN(CC)CCO1. The van der Waals surface area contributed by atoms with Crippen molar-refractivity contribution in [2.45, 2.75) is 38.8 Å². The van der Waals surface area contributed by atoms with Gasteiger partial charge >= 0.3 is 0 Å². The first-order valence-corrected chi connectivity index (χ1v) is 6.32. The lowest BCUT2D eigenvalue weighted by molar-refractivity contribution is -0.0439. The zero-order chi connectivity index (χ0) is 11.8. The van der Waals surface area contributed by atoms with Crippen molar-refractivity contribution in [3.63, 3.8) is 0 Å². The summed E-state index contributed by atoms with van der Waals surface area (Å²) in [5, 5.41) is 3.49. The van der Waals surface area contributed by atoms with E-state index in [-0.39, 0.29) is 6.10 Å². The number of nitrogens with one attached hydrogen (secondary N) is 1. The fourth-order valence-corrected chi connectivity index (χ4v) is 2.05. The molecule has 1 aliphatic rings. The van der Waals surface area contributed by atoms with E-state index in [4.69, 9.17) is 11.2 Å². The number of terminal acetylenes is 1. The standard InChI is InChI=1S/C13H24N2O/c1-4-7-12(14-8-5-2)13-11-15(6-3)9-10-16-13/h1,12-14H,5-11H2,2-3H3. The van der Waals surface area contributed by atoms with Crippen molar-refractivity contribution in [3.8, 4) is 12.3 Å². The average Bonchev–Trinajstić information content (AvgIpc) is 2.34. The molecule has 1 aliphatic heterocycles. The molecule has 1 heterocycles. The van der Waals surface area contributed by atoms with Crippen LogP contribution >= 0.6 is 0 Å². The lowest BCUT2D eigenvalue weighted by Crippen LogP contribution is -2.52. The predicted octanol–water partition coefficient (Wildman–Crippen LogP) is 1.10. The Balaban J connectivity index is 2.45. The van der Waals surface area contributed by atoms with Crippen LogP contribution in [0.2, 0.25) is 0 Å². The van der Waals surface area contributed by atoms with Crippen LogP contribution < -0.4 is 5.32 Å². The highest BCUT2D eigenvalue weighted by Gasteiger charge is 2.26. The van der Waals surface area contributed by atoms with E-state index in [1.54, 1.807) is 0 Å². The number of rotatable bonds is 6. The van der Waals surface area contributed by atoms with Crippen molar-refractivity contribution >= 4 is 0 Å². The van der Waals surface area contributed by atoms with Crippen LogP contribution in [0.4, 0.5) is 0 Å². The molecule has 0 amide bonds. The molecule has 3 nitrogen and oxygen atoms in total. The zero-order valence-electron chi connectivity index (χ0n) is 10.5. The monoisotopic (exact) mass is 224 g/mol. The van der Waals surface area contributed by atoms with Gasteiger partial charge in [-0.3, -0.25) is 4.90 Å². The summed E-state index contributed by atoms with van der Waals surface area (Å²) >= 11 is 0. The number of hydrogen-bond donors (Lipinski definition) is 1. The van der Waals surface area contributed by atoms with Crippen LogP contribution in [-0.2, 0) is 4.74 Å². The van der Waals surface area contributed by atoms with Gasteiger partial charge < -0.3 is 10.1 Å². The Morgan fingerprint density at radius 2 is 2.38 bits per heavy atom. The van der Waals surface area contributed by atoms with Crippen LogP contribution in [0.3, 0.4) is 0 Å². The van der Waals surface area contributed by atoms with E-state index in [9.17, 15) is 0 Å². The van der Waals surface area contributed by atoms with Crippen LogP contribution in [-0.4, -0.2) is 49.8 Å². The molecule has 0 radical (unpaired) electrons. The summed E-state index contributed by atoms with van der Waals surface area (Å²) < 4.78 is 5.82. The highest BCUT2D eigenvalue weighted by Crippen LogP contribution is 2.11. The topological polar surface area (TPSA) is 24.5 Å². The zero-order valence-corrected chi connectivity index (χ0v) is 10.5. The first-order valence-electron chi connectivity index (χ1n) is 6.32. The first-order chi connectivity index (χ1) is 7.81. The van der Waals surface area contributed by atoms with E-state index in [0.717, 1.165) is 45.6 Å². The Kier molecular flexibility index (Phi) is 6.47.